The Kier molecular flexibility index (Phi) is 11.2. The first-order chi connectivity index (χ1) is 20.7. The van der Waals surface area contributed by atoms with Crippen molar-refractivity contribution in [2.45, 2.75) is 45.1 Å². The van der Waals surface area contributed by atoms with Gasteiger partial charge < -0.3 is 30.9 Å². The average Bonchev–Trinajstić information content (AvgIpc) is 3.65. The van der Waals surface area contributed by atoms with E-state index in [0.717, 1.165) is 56.1 Å². The molecule has 43 heavy (non-hydrogen) atoms. The molecule has 3 aromatic rings. The number of benzene rings is 1. The minimum atomic E-state index is -0.625. The molecule has 230 valence electrons. The van der Waals surface area contributed by atoms with Gasteiger partial charge in [-0.3, -0.25) is 19.3 Å². The lowest BCUT2D eigenvalue weighted by molar-refractivity contribution is -0.118. The first kappa shape index (κ1) is 31.6. The largest absolute Gasteiger partial charge is 0.513 e. The lowest BCUT2D eigenvalue weighted by Gasteiger charge is -2.35. The predicted molar refractivity (Wildman–Crippen MR) is 171 cm³/mol. The van der Waals surface area contributed by atoms with Gasteiger partial charge in [-0.2, -0.15) is 5.10 Å². The van der Waals surface area contributed by atoms with Gasteiger partial charge in [0.1, 0.15) is 6.04 Å². The normalized spacial score (nSPS) is 16.1. The van der Waals surface area contributed by atoms with E-state index in [4.69, 9.17) is 5.11 Å². The van der Waals surface area contributed by atoms with E-state index in [-0.39, 0.29) is 17.6 Å². The number of rotatable bonds is 9. The van der Waals surface area contributed by atoms with Gasteiger partial charge in [0.2, 0.25) is 5.91 Å². The van der Waals surface area contributed by atoms with Crippen LogP contribution in [0.2, 0.25) is 0 Å². The van der Waals surface area contributed by atoms with Crippen LogP contribution in [-0.2, 0) is 11.8 Å². The van der Waals surface area contributed by atoms with Crippen LogP contribution in [-0.4, -0.2) is 75.9 Å². The maximum absolute atomic E-state index is 13.4. The van der Waals surface area contributed by atoms with Crippen molar-refractivity contribution in [3.63, 3.8) is 0 Å². The van der Waals surface area contributed by atoms with Crippen molar-refractivity contribution >= 4 is 34.6 Å². The van der Waals surface area contributed by atoms with E-state index >= 15 is 0 Å². The third-order valence-electron chi connectivity index (χ3n) is 7.68. The third-order valence-corrected chi connectivity index (χ3v) is 7.68. The molecule has 1 aliphatic heterocycles. The number of aliphatic hydroxyl groups excluding tert-OH is 1. The SMILES string of the molecule is C=C(C)O.CN1CCN(c2ccncc2Nc2cccc(C(=O)NC(CC3CCCC3)C(=O)Nc3cnn(C)c3)c2)CC1. The molecule has 1 aromatic carbocycles. The maximum atomic E-state index is 13.4. The number of likely N-dealkylation sites (N-methyl/N-ethyl adjacent to an activating group) is 1. The van der Waals surface area contributed by atoms with Crippen LogP contribution in [0.3, 0.4) is 0 Å². The van der Waals surface area contributed by atoms with Crippen molar-refractivity contribution in [3.8, 4) is 0 Å². The zero-order valence-corrected chi connectivity index (χ0v) is 25.4. The fourth-order valence-electron chi connectivity index (χ4n) is 5.47. The van der Waals surface area contributed by atoms with Gasteiger partial charge in [0.05, 0.1) is 35.2 Å². The Morgan fingerprint density at radius 1 is 1.07 bits per heavy atom. The molecule has 0 bridgehead atoms. The Labute approximate surface area is 254 Å². The van der Waals surface area contributed by atoms with Gasteiger partial charge in [-0.05, 0) is 50.6 Å². The van der Waals surface area contributed by atoms with Crippen molar-refractivity contribution in [2.24, 2.45) is 13.0 Å². The van der Waals surface area contributed by atoms with Gasteiger partial charge in [-0.15, -0.1) is 0 Å². The Bertz CT molecular complexity index is 1370. The van der Waals surface area contributed by atoms with Crippen molar-refractivity contribution in [2.75, 3.05) is 48.8 Å². The van der Waals surface area contributed by atoms with Crippen molar-refractivity contribution in [1.29, 1.82) is 0 Å². The highest BCUT2D eigenvalue weighted by Crippen LogP contribution is 2.30. The van der Waals surface area contributed by atoms with E-state index in [1.165, 1.54) is 19.8 Å². The number of nitrogens with one attached hydrogen (secondary N) is 3. The fourth-order valence-corrected chi connectivity index (χ4v) is 5.47. The lowest BCUT2D eigenvalue weighted by atomic mass is 9.97. The van der Waals surface area contributed by atoms with E-state index < -0.39 is 6.04 Å². The number of nitrogens with zero attached hydrogens (tertiary/aromatic N) is 5. The van der Waals surface area contributed by atoms with Gasteiger partial charge in [-0.1, -0.05) is 38.3 Å². The summed E-state index contributed by atoms with van der Waals surface area (Å²) >= 11 is 0. The molecule has 5 rings (SSSR count). The predicted octanol–water partition coefficient (Wildman–Crippen LogP) is 4.71. The second-order valence-corrected chi connectivity index (χ2v) is 11.4. The zero-order chi connectivity index (χ0) is 30.8. The number of hydrogen-bond acceptors (Lipinski definition) is 8. The summed E-state index contributed by atoms with van der Waals surface area (Å²) in [5, 5.41) is 21.4. The number of amides is 2. The summed E-state index contributed by atoms with van der Waals surface area (Å²) in [6.07, 6.45) is 12.1. The molecule has 2 aliphatic rings. The molecule has 1 atom stereocenters. The minimum Gasteiger partial charge on any atom is -0.513 e. The van der Waals surface area contributed by atoms with Crippen LogP contribution in [0.15, 0.2) is 67.5 Å². The van der Waals surface area contributed by atoms with E-state index in [0.29, 0.717) is 23.6 Å². The smallest absolute Gasteiger partial charge is 0.252 e. The molecule has 1 saturated carbocycles. The molecule has 0 radical (unpaired) electrons. The van der Waals surface area contributed by atoms with Crippen LogP contribution in [0.25, 0.3) is 0 Å². The number of piperazine rings is 1. The topological polar surface area (TPSA) is 128 Å². The Morgan fingerprint density at radius 3 is 2.47 bits per heavy atom. The van der Waals surface area contributed by atoms with Crippen LogP contribution in [0, 0.1) is 5.92 Å². The first-order valence-corrected chi connectivity index (χ1v) is 14.9. The molecule has 2 fully saturated rings. The molecule has 3 heterocycles. The quantitative estimate of drug-likeness (QED) is 0.265. The van der Waals surface area contributed by atoms with Gasteiger partial charge >= 0.3 is 0 Å². The Morgan fingerprint density at radius 2 is 1.79 bits per heavy atom. The number of carbonyl (C=O) groups is 2. The van der Waals surface area contributed by atoms with E-state index in [9.17, 15) is 9.59 Å². The number of aryl methyl sites for hydroxylation is 1. The van der Waals surface area contributed by atoms with E-state index in [2.05, 4.69) is 49.5 Å². The van der Waals surface area contributed by atoms with E-state index in [1.54, 1.807) is 30.2 Å². The number of hydrogen-bond donors (Lipinski definition) is 4. The van der Waals surface area contributed by atoms with Crippen LogP contribution in [0.1, 0.15) is 49.4 Å². The average molecular weight is 589 g/mol. The standard InChI is InChI=1S/C29H38N8O2.C3H6O/c1-35-12-14-37(15-13-35)27-10-11-30-19-26(27)32-23-9-5-8-22(17-23)28(38)34-25(16-21-6-3-4-7-21)29(39)33-24-18-31-36(2)20-24;1-3(2)4/h5,8-11,17-21,25,32H,3-4,6-7,12-16H2,1-2H3,(H,33,39)(H,34,38);4H,1H2,2H3. The van der Waals surface area contributed by atoms with Gasteiger partial charge in [0.25, 0.3) is 5.91 Å². The van der Waals surface area contributed by atoms with Crippen LogP contribution in [0.5, 0.6) is 0 Å². The summed E-state index contributed by atoms with van der Waals surface area (Å²) in [6.45, 7) is 8.55. The molecular formula is C32H44N8O3. The highest BCUT2D eigenvalue weighted by molar-refractivity contribution is 6.01. The van der Waals surface area contributed by atoms with E-state index in [1.807, 2.05) is 36.7 Å². The minimum absolute atomic E-state index is 0.167. The molecule has 1 unspecified atom stereocenters. The molecule has 0 spiro atoms. The molecule has 1 saturated heterocycles. The van der Waals surface area contributed by atoms with Gasteiger partial charge in [0, 0.05) is 56.9 Å². The molecule has 2 aromatic heterocycles. The number of aliphatic hydroxyl groups is 1. The summed E-state index contributed by atoms with van der Waals surface area (Å²) in [5.41, 5.74) is 3.90. The molecule has 1 aliphatic carbocycles. The zero-order valence-electron chi connectivity index (χ0n) is 25.4. The van der Waals surface area contributed by atoms with Gasteiger partial charge in [0.15, 0.2) is 0 Å². The van der Waals surface area contributed by atoms with Crippen molar-refractivity contribution < 1.29 is 14.7 Å². The summed E-state index contributed by atoms with van der Waals surface area (Å²) in [6, 6.07) is 8.78. The fraction of sp³-hybridized carbons (Fsp3) is 0.438. The third kappa shape index (κ3) is 9.57. The summed E-state index contributed by atoms with van der Waals surface area (Å²) < 4.78 is 1.63. The number of anilines is 4. The van der Waals surface area contributed by atoms with Crippen LogP contribution < -0.4 is 20.9 Å². The summed E-state index contributed by atoms with van der Waals surface area (Å²) in [7, 11) is 3.94. The first-order valence-electron chi connectivity index (χ1n) is 14.9. The highest BCUT2D eigenvalue weighted by atomic mass is 16.3. The number of allylic oxidation sites excluding steroid dienone is 1. The van der Waals surface area contributed by atoms with Crippen LogP contribution >= 0.6 is 0 Å². The molecule has 4 N–H and O–H groups in total. The van der Waals surface area contributed by atoms with Crippen molar-refractivity contribution in [3.05, 3.63) is 73.0 Å². The maximum Gasteiger partial charge on any atom is 0.252 e. The second-order valence-electron chi connectivity index (χ2n) is 11.4. The summed E-state index contributed by atoms with van der Waals surface area (Å²) in [5.74, 6) is 0.111. The van der Waals surface area contributed by atoms with Crippen LogP contribution in [0.4, 0.5) is 22.7 Å². The molecule has 11 nitrogen and oxygen atoms in total. The Balaban J connectivity index is 0.000000996. The number of carbonyl (C=O) groups excluding carboxylic acids is 2. The Hall–Kier alpha value is -4.38. The second kappa shape index (κ2) is 15.2. The lowest BCUT2D eigenvalue weighted by Crippen LogP contribution is -2.44. The molecule has 11 heteroatoms. The molecule has 2 amide bonds. The van der Waals surface area contributed by atoms with Gasteiger partial charge in [-0.25, -0.2) is 0 Å². The number of pyridine rings is 1. The highest BCUT2D eigenvalue weighted by Gasteiger charge is 2.27. The summed E-state index contributed by atoms with van der Waals surface area (Å²) in [4.78, 5) is 35.6. The monoisotopic (exact) mass is 588 g/mol. The number of aromatic nitrogens is 3. The van der Waals surface area contributed by atoms with Crippen molar-refractivity contribution in [1.82, 2.24) is 25.0 Å². The molecular weight excluding hydrogens is 544 g/mol.